The Hall–Kier alpha value is -3.54. The summed E-state index contributed by atoms with van der Waals surface area (Å²) in [7, 11) is 0. The molecule has 0 radical (unpaired) electrons. The highest BCUT2D eigenvalue weighted by Crippen LogP contribution is 2.37. The average molecular weight is 636 g/mol. The Bertz CT molecular complexity index is 1420. The normalized spacial score (nSPS) is 12.7. The van der Waals surface area contributed by atoms with Crippen LogP contribution in [0.25, 0.3) is 33.3 Å². The molecule has 1 heterocycles. The second-order valence-electron chi connectivity index (χ2n) is 13.1. The van der Waals surface area contributed by atoms with E-state index in [1.807, 2.05) is 16.9 Å². The van der Waals surface area contributed by atoms with Gasteiger partial charge in [-0.2, -0.15) is 15.0 Å². The van der Waals surface area contributed by atoms with Gasteiger partial charge in [0.1, 0.15) is 11.0 Å². The molecule has 0 fully saturated rings. The lowest BCUT2D eigenvalue weighted by molar-refractivity contribution is 0.152. The standard InChI is InChI=1S/C42H57N3O2/c1-4-7-10-11-12-19-32-45-43-41-39(37-24-17-15-20-33(37)26-28-35(46)22-13-8-5-2)30-31-40(42(41)44-45)38-25-18-16-21-34(38)27-29-36(47)23-14-9-6-3/h5-6,15-18,20-21,24-25,30-31,35-36,46-47H,2-4,7-14,19,22-23,26-29,32H2,1H3. The molecule has 3 aromatic carbocycles. The van der Waals surface area contributed by atoms with E-state index in [2.05, 4.69) is 80.7 Å². The molecule has 5 heteroatoms. The van der Waals surface area contributed by atoms with Crippen LogP contribution in [0.1, 0.15) is 108 Å². The summed E-state index contributed by atoms with van der Waals surface area (Å²) in [5.74, 6) is 0. The first kappa shape index (κ1) is 36.3. The molecule has 252 valence electrons. The van der Waals surface area contributed by atoms with Crippen molar-refractivity contribution in [2.75, 3.05) is 0 Å². The minimum absolute atomic E-state index is 0.319. The van der Waals surface area contributed by atoms with Crippen LogP contribution in [0.4, 0.5) is 0 Å². The van der Waals surface area contributed by atoms with Crippen molar-refractivity contribution in [1.82, 2.24) is 15.0 Å². The smallest absolute Gasteiger partial charge is 0.121 e. The first-order valence-electron chi connectivity index (χ1n) is 18.2. The number of benzene rings is 3. The zero-order chi connectivity index (χ0) is 33.3. The number of aliphatic hydroxyl groups is 2. The van der Waals surface area contributed by atoms with Crippen molar-refractivity contribution in [3.63, 3.8) is 0 Å². The van der Waals surface area contributed by atoms with Gasteiger partial charge in [0, 0.05) is 11.1 Å². The number of nitrogens with zero attached hydrogens (tertiary/aromatic N) is 3. The molecular weight excluding hydrogens is 578 g/mol. The predicted molar refractivity (Wildman–Crippen MR) is 199 cm³/mol. The molecular formula is C42H57N3O2. The highest BCUT2D eigenvalue weighted by Gasteiger charge is 2.19. The molecule has 5 nitrogen and oxygen atoms in total. The number of aryl methyl sites for hydroxylation is 3. The lowest BCUT2D eigenvalue weighted by Crippen LogP contribution is -2.08. The largest absolute Gasteiger partial charge is 0.393 e. The second-order valence-corrected chi connectivity index (χ2v) is 13.1. The number of aromatic nitrogens is 3. The zero-order valence-corrected chi connectivity index (χ0v) is 28.8. The maximum absolute atomic E-state index is 10.7. The number of rotatable bonds is 23. The van der Waals surface area contributed by atoms with Crippen LogP contribution in [0.3, 0.4) is 0 Å². The maximum atomic E-state index is 10.7. The van der Waals surface area contributed by atoms with Gasteiger partial charge in [0.15, 0.2) is 0 Å². The van der Waals surface area contributed by atoms with Crippen molar-refractivity contribution in [1.29, 1.82) is 0 Å². The number of hydrogen-bond donors (Lipinski definition) is 2. The van der Waals surface area contributed by atoms with Gasteiger partial charge in [0.25, 0.3) is 0 Å². The third-order valence-corrected chi connectivity index (χ3v) is 9.29. The molecule has 0 spiro atoms. The van der Waals surface area contributed by atoms with Gasteiger partial charge in [-0.1, -0.05) is 112 Å². The summed E-state index contributed by atoms with van der Waals surface area (Å²) >= 11 is 0. The molecule has 1 aromatic heterocycles. The Kier molecular flexibility index (Phi) is 15.4. The maximum Gasteiger partial charge on any atom is 0.121 e. The highest BCUT2D eigenvalue weighted by atomic mass is 16.3. The molecule has 2 unspecified atom stereocenters. The molecule has 4 rings (SSSR count). The summed E-state index contributed by atoms with van der Waals surface area (Å²) in [6.07, 6.45) is 19.0. The van der Waals surface area contributed by atoms with Crippen LogP contribution < -0.4 is 0 Å². The second kappa shape index (κ2) is 20.0. The summed E-state index contributed by atoms with van der Waals surface area (Å²) in [5.41, 5.74) is 8.78. The van der Waals surface area contributed by atoms with Gasteiger partial charge >= 0.3 is 0 Å². The zero-order valence-electron chi connectivity index (χ0n) is 28.8. The molecule has 0 saturated heterocycles. The van der Waals surface area contributed by atoms with Gasteiger partial charge in [0.05, 0.1) is 18.8 Å². The highest BCUT2D eigenvalue weighted by molar-refractivity contribution is 6.01. The van der Waals surface area contributed by atoms with Crippen molar-refractivity contribution in [3.8, 4) is 22.3 Å². The van der Waals surface area contributed by atoms with Crippen molar-refractivity contribution >= 4 is 11.0 Å². The van der Waals surface area contributed by atoms with E-state index < -0.39 is 0 Å². The average Bonchev–Trinajstić information content (AvgIpc) is 3.52. The summed E-state index contributed by atoms with van der Waals surface area (Å²) < 4.78 is 0. The van der Waals surface area contributed by atoms with Crippen molar-refractivity contribution in [2.45, 2.75) is 128 Å². The molecule has 4 aromatic rings. The van der Waals surface area contributed by atoms with Crippen LogP contribution in [-0.2, 0) is 19.4 Å². The van der Waals surface area contributed by atoms with Crippen LogP contribution in [0, 0.1) is 0 Å². The summed E-state index contributed by atoms with van der Waals surface area (Å²) in [6.45, 7) is 10.7. The lowest BCUT2D eigenvalue weighted by Gasteiger charge is -2.15. The van der Waals surface area contributed by atoms with Crippen LogP contribution in [-0.4, -0.2) is 37.4 Å². The van der Waals surface area contributed by atoms with Gasteiger partial charge in [0.2, 0.25) is 0 Å². The number of fused-ring (bicyclic) bond motifs is 1. The first-order chi connectivity index (χ1) is 23.0. The number of aliphatic hydroxyl groups excluding tert-OH is 2. The Labute approximate surface area is 283 Å². The molecule has 0 bridgehead atoms. The lowest BCUT2D eigenvalue weighted by atomic mass is 9.90. The Morgan fingerprint density at radius 2 is 1.06 bits per heavy atom. The summed E-state index contributed by atoms with van der Waals surface area (Å²) in [4.78, 5) is 1.91. The molecule has 2 N–H and O–H groups in total. The minimum atomic E-state index is -0.319. The fraction of sp³-hybridized carbons (Fsp3) is 0.476. The van der Waals surface area contributed by atoms with Crippen LogP contribution >= 0.6 is 0 Å². The van der Waals surface area contributed by atoms with Gasteiger partial charge in [-0.05, 0) is 92.9 Å². The van der Waals surface area contributed by atoms with E-state index >= 15 is 0 Å². The van der Waals surface area contributed by atoms with E-state index in [4.69, 9.17) is 10.2 Å². The first-order valence-corrected chi connectivity index (χ1v) is 18.2. The fourth-order valence-corrected chi connectivity index (χ4v) is 6.53. The van der Waals surface area contributed by atoms with Crippen LogP contribution in [0.2, 0.25) is 0 Å². The van der Waals surface area contributed by atoms with Crippen molar-refractivity contribution in [2.24, 2.45) is 0 Å². The molecule has 47 heavy (non-hydrogen) atoms. The molecule has 0 saturated carbocycles. The van der Waals surface area contributed by atoms with Crippen molar-refractivity contribution in [3.05, 3.63) is 97.1 Å². The van der Waals surface area contributed by atoms with E-state index in [1.165, 1.54) is 43.2 Å². The van der Waals surface area contributed by atoms with E-state index in [0.29, 0.717) is 0 Å². The Morgan fingerprint density at radius 3 is 1.55 bits per heavy atom. The molecule has 0 aliphatic carbocycles. The number of allylic oxidation sites excluding steroid dienone is 2. The summed E-state index contributed by atoms with van der Waals surface area (Å²) in [5, 5.41) is 31.6. The van der Waals surface area contributed by atoms with E-state index in [0.717, 1.165) is 110 Å². The number of hydrogen-bond acceptors (Lipinski definition) is 4. The minimum Gasteiger partial charge on any atom is -0.393 e. The third-order valence-electron chi connectivity index (χ3n) is 9.29. The van der Waals surface area contributed by atoms with E-state index in [9.17, 15) is 10.2 Å². The molecule has 0 aliphatic heterocycles. The predicted octanol–water partition coefficient (Wildman–Crippen LogP) is 10.4. The Morgan fingerprint density at radius 1 is 0.596 bits per heavy atom. The molecule has 0 amide bonds. The van der Waals surface area contributed by atoms with Gasteiger partial charge in [-0.15, -0.1) is 13.2 Å². The summed E-state index contributed by atoms with van der Waals surface area (Å²) in [6, 6.07) is 21.5. The fourth-order valence-electron chi connectivity index (χ4n) is 6.53. The molecule has 0 aliphatic rings. The van der Waals surface area contributed by atoms with E-state index in [-0.39, 0.29) is 12.2 Å². The van der Waals surface area contributed by atoms with Gasteiger partial charge in [-0.3, -0.25) is 0 Å². The quantitative estimate of drug-likeness (QED) is 0.0628. The number of unbranched alkanes of at least 4 members (excludes halogenated alkanes) is 7. The van der Waals surface area contributed by atoms with Crippen LogP contribution in [0.15, 0.2) is 86.0 Å². The van der Waals surface area contributed by atoms with Gasteiger partial charge < -0.3 is 10.2 Å². The third kappa shape index (κ3) is 11.0. The Balaban J connectivity index is 1.66. The SMILES string of the molecule is C=CCCCC(O)CCc1ccccc1-c1ccc(-c2ccccc2CCC(O)CCCC=C)c2nn(CCCCCCCC)nc12. The van der Waals surface area contributed by atoms with Crippen LogP contribution in [0.5, 0.6) is 0 Å². The van der Waals surface area contributed by atoms with Crippen molar-refractivity contribution < 1.29 is 10.2 Å². The van der Waals surface area contributed by atoms with E-state index in [1.54, 1.807) is 0 Å². The topological polar surface area (TPSA) is 71.2 Å². The monoisotopic (exact) mass is 635 g/mol. The molecule has 2 atom stereocenters. The van der Waals surface area contributed by atoms with Gasteiger partial charge in [-0.25, -0.2) is 0 Å².